The molecular weight excluding hydrogens is 270 g/mol. The van der Waals surface area contributed by atoms with E-state index < -0.39 is 0 Å². The Kier molecular flexibility index (Phi) is 6.84. The first-order chi connectivity index (χ1) is 9.97. The van der Waals surface area contributed by atoms with Gasteiger partial charge in [-0.3, -0.25) is 14.5 Å². The highest BCUT2D eigenvalue weighted by Crippen LogP contribution is 2.10. The number of aliphatic hydroxyl groups is 1. The number of aliphatic hydroxyl groups excluding tert-OH is 1. The maximum Gasteiger partial charge on any atom is 0.253 e. The van der Waals surface area contributed by atoms with E-state index in [2.05, 4.69) is 5.32 Å². The summed E-state index contributed by atoms with van der Waals surface area (Å²) in [5.74, 6) is -0.218. The molecule has 0 aliphatic heterocycles. The molecule has 0 fully saturated rings. The molecule has 0 saturated heterocycles. The topological polar surface area (TPSA) is 72.9 Å². The average molecular weight is 293 g/mol. The number of carbonyl (C=O) groups excluding carboxylic acids is 2. The molecule has 6 heteroatoms. The second kappa shape index (κ2) is 8.39. The number of rotatable bonds is 7. The van der Waals surface area contributed by atoms with Gasteiger partial charge in [0.15, 0.2) is 0 Å². The third kappa shape index (κ3) is 5.53. The number of hydrogen-bond donors (Lipinski definition) is 2. The average Bonchev–Trinajstić information content (AvgIpc) is 2.46. The van der Waals surface area contributed by atoms with Gasteiger partial charge in [0, 0.05) is 31.9 Å². The number of nitrogens with zero attached hydrogens (tertiary/aromatic N) is 2. The van der Waals surface area contributed by atoms with Crippen LogP contribution in [-0.2, 0) is 4.79 Å². The first-order valence-corrected chi connectivity index (χ1v) is 6.92. The summed E-state index contributed by atoms with van der Waals surface area (Å²) in [7, 11) is 3.39. The Morgan fingerprint density at radius 1 is 1.19 bits per heavy atom. The SMILES string of the molecule is CCN(CCO)CC(=O)Nc1ccc(C(=O)N(C)C)cc1. The van der Waals surface area contributed by atoms with Gasteiger partial charge in [-0.1, -0.05) is 6.92 Å². The van der Waals surface area contributed by atoms with E-state index in [1.807, 2.05) is 11.8 Å². The van der Waals surface area contributed by atoms with Crippen LogP contribution in [-0.4, -0.2) is 67.1 Å². The van der Waals surface area contributed by atoms with Crippen LogP contribution in [0.5, 0.6) is 0 Å². The summed E-state index contributed by atoms with van der Waals surface area (Å²) < 4.78 is 0. The standard InChI is InChI=1S/C15H23N3O3/c1-4-18(9-10-19)11-14(20)16-13-7-5-12(6-8-13)15(21)17(2)3/h5-8,19H,4,9-11H2,1-3H3,(H,16,20). The molecule has 0 saturated carbocycles. The molecule has 0 aliphatic carbocycles. The van der Waals surface area contributed by atoms with Gasteiger partial charge in [0.05, 0.1) is 13.2 Å². The molecule has 1 aromatic rings. The fourth-order valence-corrected chi connectivity index (χ4v) is 1.85. The summed E-state index contributed by atoms with van der Waals surface area (Å²) >= 11 is 0. The van der Waals surface area contributed by atoms with Crippen LogP contribution in [0.15, 0.2) is 24.3 Å². The highest BCUT2D eigenvalue weighted by atomic mass is 16.3. The smallest absolute Gasteiger partial charge is 0.253 e. The van der Waals surface area contributed by atoms with Crippen molar-refractivity contribution in [3.05, 3.63) is 29.8 Å². The van der Waals surface area contributed by atoms with Crippen molar-refractivity contribution in [1.82, 2.24) is 9.80 Å². The number of benzene rings is 1. The number of nitrogens with one attached hydrogen (secondary N) is 1. The maximum absolute atomic E-state index is 11.9. The molecule has 2 amide bonds. The molecule has 0 heterocycles. The van der Waals surface area contributed by atoms with E-state index in [1.54, 1.807) is 38.4 Å². The van der Waals surface area contributed by atoms with Gasteiger partial charge in [-0.05, 0) is 30.8 Å². The Labute approximate surface area is 125 Å². The molecule has 21 heavy (non-hydrogen) atoms. The van der Waals surface area contributed by atoms with Gasteiger partial charge < -0.3 is 15.3 Å². The number of anilines is 1. The van der Waals surface area contributed by atoms with Gasteiger partial charge in [0.2, 0.25) is 5.91 Å². The lowest BCUT2D eigenvalue weighted by atomic mass is 10.2. The summed E-state index contributed by atoms with van der Waals surface area (Å²) in [4.78, 5) is 27.0. The fourth-order valence-electron chi connectivity index (χ4n) is 1.85. The predicted molar refractivity (Wildman–Crippen MR) is 82.3 cm³/mol. The lowest BCUT2D eigenvalue weighted by Crippen LogP contribution is -2.35. The first-order valence-electron chi connectivity index (χ1n) is 6.92. The molecule has 0 aromatic heterocycles. The Balaban J connectivity index is 2.59. The maximum atomic E-state index is 11.9. The van der Waals surface area contributed by atoms with Crippen molar-refractivity contribution in [3.8, 4) is 0 Å². The van der Waals surface area contributed by atoms with Gasteiger partial charge >= 0.3 is 0 Å². The van der Waals surface area contributed by atoms with Crippen LogP contribution in [0.25, 0.3) is 0 Å². The molecule has 0 bridgehead atoms. The largest absolute Gasteiger partial charge is 0.395 e. The van der Waals surface area contributed by atoms with Crippen LogP contribution >= 0.6 is 0 Å². The molecule has 0 unspecified atom stereocenters. The first kappa shape index (κ1) is 17.1. The second-order valence-corrected chi connectivity index (χ2v) is 4.92. The summed E-state index contributed by atoms with van der Waals surface area (Å²) in [6, 6.07) is 6.78. The molecule has 2 N–H and O–H groups in total. The summed E-state index contributed by atoms with van der Waals surface area (Å²) in [6.07, 6.45) is 0. The Morgan fingerprint density at radius 2 is 1.81 bits per heavy atom. The fraction of sp³-hybridized carbons (Fsp3) is 0.467. The van der Waals surface area contributed by atoms with Crippen molar-refractivity contribution >= 4 is 17.5 Å². The van der Waals surface area contributed by atoms with Crippen molar-refractivity contribution in [2.45, 2.75) is 6.92 Å². The zero-order chi connectivity index (χ0) is 15.8. The van der Waals surface area contributed by atoms with Gasteiger partial charge in [-0.2, -0.15) is 0 Å². The van der Waals surface area contributed by atoms with Gasteiger partial charge in [-0.15, -0.1) is 0 Å². The Morgan fingerprint density at radius 3 is 2.29 bits per heavy atom. The number of amides is 2. The van der Waals surface area contributed by atoms with E-state index >= 15 is 0 Å². The van der Waals surface area contributed by atoms with E-state index in [-0.39, 0.29) is 25.0 Å². The predicted octanol–water partition coefficient (Wildman–Crippen LogP) is 0.641. The normalized spacial score (nSPS) is 10.5. The van der Waals surface area contributed by atoms with Crippen molar-refractivity contribution in [3.63, 3.8) is 0 Å². The van der Waals surface area contributed by atoms with E-state index in [9.17, 15) is 9.59 Å². The molecular formula is C15H23N3O3. The van der Waals surface area contributed by atoms with Crippen molar-refractivity contribution < 1.29 is 14.7 Å². The minimum Gasteiger partial charge on any atom is -0.395 e. The van der Waals surface area contributed by atoms with Crippen LogP contribution < -0.4 is 5.32 Å². The third-order valence-electron chi connectivity index (χ3n) is 3.05. The highest BCUT2D eigenvalue weighted by Gasteiger charge is 2.10. The molecule has 1 rings (SSSR count). The van der Waals surface area contributed by atoms with Crippen LogP contribution in [0.2, 0.25) is 0 Å². The van der Waals surface area contributed by atoms with Crippen molar-refractivity contribution in [1.29, 1.82) is 0 Å². The van der Waals surface area contributed by atoms with Crippen LogP contribution in [0, 0.1) is 0 Å². The van der Waals surface area contributed by atoms with Crippen molar-refractivity contribution in [2.75, 3.05) is 45.7 Å². The third-order valence-corrected chi connectivity index (χ3v) is 3.05. The van der Waals surface area contributed by atoms with E-state index in [1.165, 1.54) is 4.90 Å². The zero-order valence-electron chi connectivity index (χ0n) is 12.8. The Bertz CT molecular complexity index is 472. The summed E-state index contributed by atoms with van der Waals surface area (Å²) in [5.41, 5.74) is 1.23. The zero-order valence-corrected chi connectivity index (χ0v) is 12.8. The molecule has 0 radical (unpaired) electrons. The number of hydrogen-bond acceptors (Lipinski definition) is 4. The van der Waals surface area contributed by atoms with Crippen molar-refractivity contribution in [2.24, 2.45) is 0 Å². The minimum atomic E-state index is -0.142. The monoisotopic (exact) mass is 293 g/mol. The van der Waals surface area contributed by atoms with E-state index in [0.29, 0.717) is 24.3 Å². The van der Waals surface area contributed by atoms with E-state index in [4.69, 9.17) is 5.11 Å². The van der Waals surface area contributed by atoms with Gasteiger partial charge in [0.25, 0.3) is 5.91 Å². The van der Waals surface area contributed by atoms with E-state index in [0.717, 1.165) is 0 Å². The molecule has 6 nitrogen and oxygen atoms in total. The number of likely N-dealkylation sites (N-methyl/N-ethyl adjacent to an activating group) is 1. The quantitative estimate of drug-likeness (QED) is 0.774. The molecule has 116 valence electrons. The van der Waals surface area contributed by atoms with Gasteiger partial charge in [-0.25, -0.2) is 0 Å². The highest BCUT2D eigenvalue weighted by molar-refractivity contribution is 5.95. The molecule has 0 aliphatic rings. The van der Waals surface area contributed by atoms with Crippen LogP contribution in [0.1, 0.15) is 17.3 Å². The van der Waals surface area contributed by atoms with Crippen LogP contribution in [0.3, 0.4) is 0 Å². The lowest BCUT2D eigenvalue weighted by Gasteiger charge is -2.18. The van der Waals surface area contributed by atoms with Crippen LogP contribution in [0.4, 0.5) is 5.69 Å². The molecule has 1 aromatic carbocycles. The number of carbonyl (C=O) groups is 2. The molecule has 0 spiro atoms. The Hall–Kier alpha value is -1.92. The van der Waals surface area contributed by atoms with Gasteiger partial charge in [0.1, 0.15) is 0 Å². The summed E-state index contributed by atoms with van der Waals surface area (Å²) in [6.45, 7) is 3.37. The second-order valence-electron chi connectivity index (χ2n) is 4.92. The molecule has 0 atom stereocenters. The summed E-state index contributed by atoms with van der Waals surface area (Å²) in [5, 5.41) is 11.7. The minimum absolute atomic E-state index is 0.0302. The lowest BCUT2D eigenvalue weighted by molar-refractivity contribution is -0.117.